The van der Waals surface area contributed by atoms with Gasteiger partial charge in [-0.3, -0.25) is 0 Å². The van der Waals surface area contributed by atoms with Crippen LogP contribution in [-0.2, 0) is 6.54 Å². The SMILES string of the molecule is CNC1CN(c2ccnc(NCc3ccc(C)cc3)c2)C1. The molecular weight excluding hydrogens is 260 g/mol. The van der Waals surface area contributed by atoms with Crippen LogP contribution in [0.2, 0.25) is 0 Å². The zero-order valence-corrected chi connectivity index (χ0v) is 12.6. The lowest BCUT2D eigenvalue weighted by Gasteiger charge is -2.40. The van der Waals surface area contributed by atoms with E-state index in [1.807, 2.05) is 13.2 Å². The second-order valence-corrected chi connectivity index (χ2v) is 5.63. The van der Waals surface area contributed by atoms with Crippen molar-refractivity contribution < 1.29 is 0 Å². The maximum atomic E-state index is 4.40. The van der Waals surface area contributed by atoms with Gasteiger partial charge in [-0.25, -0.2) is 4.98 Å². The van der Waals surface area contributed by atoms with E-state index in [4.69, 9.17) is 0 Å². The average Bonchev–Trinajstić information content (AvgIpc) is 2.46. The van der Waals surface area contributed by atoms with Crippen LogP contribution in [0.1, 0.15) is 11.1 Å². The monoisotopic (exact) mass is 282 g/mol. The summed E-state index contributed by atoms with van der Waals surface area (Å²) in [5, 5.41) is 6.69. The third-order valence-electron chi connectivity index (χ3n) is 3.99. The van der Waals surface area contributed by atoms with Crippen LogP contribution in [-0.4, -0.2) is 31.2 Å². The van der Waals surface area contributed by atoms with Crippen LogP contribution in [0.3, 0.4) is 0 Å². The molecule has 1 aliphatic rings. The molecule has 0 bridgehead atoms. The standard InChI is InChI=1S/C17H22N4/c1-13-3-5-14(6-4-13)10-20-17-9-16(7-8-19-17)21-11-15(12-21)18-2/h3-9,15,18H,10-12H2,1-2H3,(H,19,20). The van der Waals surface area contributed by atoms with Crippen LogP contribution in [0.5, 0.6) is 0 Å². The molecule has 4 heteroatoms. The summed E-state index contributed by atoms with van der Waals surface area (Å²) >= 11 is 0. The van der Waals surface area contributed by atoms with Gasteiger partial charge >= 0.3 is 0 Å². The Morgan fingerprint density at radius 3 is 2.67 bits per heavy atom. The number of benzene rings is 1. The van der Waals surface area contributed by atoms with E-state index in [1.165, 1.54) is 16.8 Å². The minimum atomic E-state index is 0.613. The van der Waals surface area contributed by atoms with Crippen LogP contribution in [0.15, 0.2) is 42.6 Å². The third-order valence-corrected chi connectivity index (χ3v) is 3.99. The summed E-state index contributed by atoms with van der Waals surface area (Å²) in [6.07, 6.45) is 1.87. The van der Waals surface area contributed by atoms with Gasteiger partial charge in [0.05, 0.1) is 0 Å². The highest BCUT2D eigenvalue weighted by Crippen LogP contribution is 2.22. The highest BCUT2D eigenvalue weighted by Gasteiger charge is 2.25. The lowest BCUT2D eigenvalue weighted by Crippen LogP contribution is -2.57. The van der Waals surface area contributed by atoms with Gasteiger partial charge in [-0.2, -0.15) is 0 Å². The van der Waals surface area contributed by atoms with Crippen LogP contribution in [0.4, 0.5) is 11.5 Å². The number of aromatic nitrogens is 1. The van der Waals surface area contributed by atoms with E-state index in [1.54, 1.807) is 0 Å². The molecule has 21 heavy (non-hydrogen) atoms. The van der Waals surface area contributed by atoms with E-state index in [-0.39, 0.29) is 0 Å². The number of anilines is 2. The Balaban J connectivity index is 1.60. The fourth-order valence-corrected chi connectivity index (χ4v) is 2.48. The zero-order valence-electron chi connectivity index (χ0n) is 12.6. The van der Waals surface area contributed by atoms with Gasteiger partial charge < -0.3 is 15.5 Å². The zero-order chi connectivity index (χ0) is 14.7. The summed E-state index contributed by atoms with van der Waals surface area (Å²) in [6.45, 7) is 5.04. The van der Waals surface area contributed by atoms with Crippen LogP contribution in [0, 0.1) is 6.92 Å². The van der Waals surface area contributed by atoms with E-state index in [9.17, 15) is 0 Å². The molecule has 4 nitrogen and oxygen atoms in total. The van der Waals surface area contributed by atoms with Crippen molar-refractivity contribution in [2.75, 3.05) is 30.4 Å². The number of nitrogens with zero attached hydrogens (tertiary/aromatic N) is 2. The van der Waals surface area contributed by atoms with Gasteiger partial charge in [0.15, 0.2) is 0 Å². The maximum Gasteiger partial charge on any atom is 0.128 e. The van der Waals surface area contributed by atoms with Gasteiger partial charge in [-0.05, 0) is 25.6 Å². The van der Waals surface area contributed by atoms with E-state index in [0.29, 0.717) is 6.04 Å². The fraction of sp³-hybridized carbons (Fsp3) is 0.353. The molecule has 0 atom stereocenters. The molecule has 1 saturated heterocycles. The van der Waals surface area contributed by atoms with Crippen LogP contribution < -0.4 is 15.5 Å². The minimum absolute atomic E-state index is 0.613. The number of nitrogens with one attached hydrogen (secondary N) is 2. The van der Waals surface area contributed by atoms with Gasteiger partial charge in [0.2, 0.25) is 0 Å². The summed E-state index contributed by atoms with van der Waals surface area (Å²) in [5.41, 5.74) is 3.80. The predicted molar refractivity (Wildman–Crippen MR) is 87.8 cm³/mol. The van der Waals surface area contributed by atoms with Gasteiger partial charge in [0.1, 0.15) is 5.82 Å². The lowest BCUT2D eigenvalue weighted by molar-refractivity contribution is 0.450. The molecule has 0 aliphatic carbocycles. The summed E-state index contributed by atoms with van der Waals surface area (Å²) in [6, 6.07) is 13.4. The molecule has 1 aromatic carbocycles. The Kier molecular flexibility index (Phi) is 4.06. The topological polar surface area (TPSA) is 40.2 Å². The Morgan fingerprint density at radius 2 is 1.95 bits per heavy atom. The number of aryl methyl sites for hydroxylation is 1. The average molecular weight is 282 g/mol. The molecule has 0 radical (unpaired) electrons. The Hall–Kier alpha value is -2.07. The molecule has 0 amide bonds. The minimum Gasteiger partial charge on any atom is -0.368 e. The molecule has 2 N–H and O–H groups in total. The molecule has 2 aromatic rings. The van der Waals surface area contributed by atoms with Gasteiger partial charge in [0.25, 0.3) is 0 Å². The van der Waals surface area contributed by atoms with Crippen molar-refractivity contribution in [3.8, 4) is 0 Å². The van der Waals surface area contributed by atoms with Crippen molar-refractivity contribution >= 4 is 11.5 Å². The summed E-state index contributed by atoms with van der Waals surface area (Å²) in [4.78, 5) is 6.76. The smallest absolute Gasteiger partial charge is 0.128 e. The Labute approximate surface area is 126 Å². The first-order valence-electron chi connectivity index (χ1n) is 7.42. The van der Waals surface area contributed by atoms with Crippen molar-refractivity contribution in [2.24, 2.45) is 0 Å². The number of rotatable bonds is 5. The molecule has 2 heterocycles. The van der Waals surface area contributed by atoms with Gasteiger partial charge in [-0.15, -0.1) is 0 Å². The van der Waals surface area contributed by atoms with E-state index >= 15 is 0 Å². The first-order valence-corrected chi connectivity index (χ1v) is 7.42. The Bertz CT molecular complexity index is 588. The first-order chi connectivity index (χ1) is 10.2. The molecule has 0 spiro atoms. The second-order valence-electron chi connectivity index (χ2n) is 5.63. The first kappa shape index (κ1) is 13.9. The largest absolute Gasteiger partial charge is 0.368 e. The molecule has 1 fully saturated rings. The van der Waals surface area contributed by atoms with E-state index < -0.39 is 0 Å². The summed E-state index contributed by atoms with van der Waals surface area (Å²) < 4.78 is 0. The van der Waals surface area contributed by atoms with Gasteiger partial charge in [-0.1, -0.05) is 29.8 Å². The lowest BCUT2D eigenvalue weighted by atomic mass is 10.1. The summed E-state index contributed by atoms with van der Waals surface area (Å²) in [5.74, 6) is 0.931. The van der Waals surface area contributed by atoms with E-state index in [0.717, 1.165) is 25.5 Å². The molecule has 110 valence electrons. The maximum absolute atomic E-state index is 4.40. The highest BCUT2D eigenvalue weighted by atomic mass is 15.2. The second kappa shape index (κ2) is 6.14. The quantitative estimate of drug-likeness (QED) is 0.883. The summed E-state index contributed by atoms with van der Waals surface area (Å²) in [7, 11) is 2.02. The van der Waals surface area contributed by atoms with Crippen molar-refractivity contribution in [2.45, 2.75) is 19.5 Å². The molecule has 0 unspecified atom stereocenters. The molecule has 0 saturated carbocycles. The van der Waals surface area contributed by atoms with Gasteiger partial charge in [0, 0.05) is 43.6 Å². The number of hydrogen-bond acceptors (Lipinski definition) is 4. The van der Waals surface area contributed by atoms with Crippen LogP contribution >= 0.6 is 0 Å². The third kappa shape index (κ3) is 3.34. The normalized spacial score (nSPS) is 14.9. The van der Waals surface area contributed by atoms with Crippen molar-refractivity contribution in [1.82, 2.24) is 10.3 Å². The predicted octanol–water partition coefficient (Wildman–Crippen LogP) is 2.41. The van der Waals surface area contributed by atoms with Crippen molar-refractivity contribution in [3.63, 3.8) is 0 Å². The number of likely N-dealkylation sites (N-methyl/N-ethyl adjacent to an activating group) is 1. The molecule has 1 aliphatic heterocycles. The van der Waals surface area contributed by atoms with Crippen LogP contribution in [0.25, 0.3) is 0 Å². The number of pyridine rings is 1. The molecule has 3 rings (SSSR count). The van der Waals surface area contributed by atoms with Crippen molar-refractivity contribution in [1.29, 1.82) is 0 Å². The Morgan fingerprint density at radius 1 is 1.19 bits per heavy atom. The molecule has 1 aromatic heterocycles. The fourth-order valence-electron chi connectivity index (χ4n) is 2.48. The van der Waals surface area contributed by atoms with Crippen molar-refractivity contribution in [3.05, 3.63) is 53.7 Å². The number of hydrogen-bond donors (Lipinski definition) is 2. The molecular formula is C17H22N4. The highest BCUT2D eigenvalue weighted by molar-refractivity contribution is 5.56. The van der Waals surface area contributed by atoms with E-state index in [2.05, 4.69) is 63.8 Å².